The molecule has 152 valence electrons. The fourth-order valence-electron chi connectivity index (χ4n) is 2.79. The molecule has 0 unspecified atom stereocenters. The number of para-hydroxylation sites is 1. The molecule has 0 N–H and O–H groups in total. The number of halogens is 2. The number of esters is 1. The van der Waals surface area contributed by atoms with Crippen LogP contribution in [0, 0.1) is 0 Å². The van der Waals surface area contributed by atoms with Crippen LogP contribution in [0.15, 0.2) is 54.6 Å². The molecule has 0 fully saturated rings. The number of carbonyl (C=O) groups is 1. The highest BCUT2D eigenvalue weighted by atomic mass is 35.5. The molecular formula is C22H27Cl2NO3. The Hall–Kier alpha value is -1.91. The van der Waals surface area contributed by atoms with Crippen LogP contribution >= 0.6 is 23.2 Å². The molecule has 2 rings (SSSR count). The summed E-state index contributed by atoms with van der Waals surface area (Å²) in [7, 11) is 0. The van der Waals surface area contributed by atoms with Crippen LogP contribution in [0.3, 0.4) is 0 Å². The molecule has 0 atom stereocenters. The first-order chi connectivity index (χ1) is 13.7. The van der Waals surface area contributed by atoms with E-state index in [1.807, 2.05) is 30.3 Å². The average molecular weight is 424 g/mol. The summed E-state index contributed by atoms with van der Waals surface area (Å²) >= 11 is 11.7. The van der Waals surface area contributed by atoms with Gasteiger partial charge in [0, 0.05) is 37.0 Å². The normalized spacial score (nSPS) is 10.5. The van der Waals surface area contributed by atoms with E-state index in [0.29, 0.717) is 24.8 Å². The average Bonchev–Trinajstić information content (AvgIpc) is 2.72. The maximum Gasteiger partial charge on any atom is 0.305 e. The number of benzene rings is 2. The van der Waals surface area contributed by atoms with Crippen LogP contribution in [0.2, 0.25) is 0 Å². The lowest BCUT2D eigenvalue weighted by molar-refractivity contribution is -0.144. The smallest absolute Gasteiger partial charge is 0.305 e. The summed E-state index contributed by atoms with van der Waals surface area (Å²) in [4.78, 5) is 14.0. The molecule has 0 saturated carbocycles. The number of hydrogen-bond donors (Lipinski definition) is 0. The lowest BCUT2D eigenvalue weighted by atomic mass is 10.1. The van der Waals surface area contributed by atoms with E-state index in [-0.39, 0.29) is 12.6 Å². The topological polar surface area (TPSA) is 38.8 Å². The number of anilines is 1. The van der Waals surface area contributed by atoms with Crippen molar-refractivity contribution in [3.63, 3.8) is 0 Å². The molecule has 0 radical (unpaired) electrons. The van der Waals surface area contributed by atoms with Crippen molar-refractivity contribution in [2.24, 2.45) is 0 Å². The van der Waals surface area contributed by atoms with Crippen molar-refractivity contribution < 1.29 is 14.3 Å². The molecule has 0 aromatic heterocycles. The molecular weight excluding hydrogens is 397 g/mol. The lowest BCUT2D eigenvalue weighted by Crippen LogP contribution is -2.27. The number of carbonyl (C=O) groups excluding carboxylic acids is 1. The summed E-state index contributed by atoms with van der Waals surface area (Å²) < 4.78 is 10.7. The van der Waals surface area contributed by atoms with Crippen LogP contribution < -0.4 is 9.64 Å². The van der Waals surface area contributed by atoms with Crippen molar-refractivity contribution in [2.75, 3.05) is 43.0 Å². The quantitative estimate of drug-likeness (QED) is 0.260. The zero-order valence-electron chi connectivity index (χ0n) is 16.0. The highest BCUT2D eigenvalue weighted by Gasteiger charge is 2.06. The van der Waals surface area contributed by atoms with Crippen LogP contribution in [0.5, 0.6) is 5.75 Å². The SMILES string of the molecule is O=C(CCCc1ccc(N(CCCl)CCCl)cc1)OCCOc1ccccc1. The first kappa shape index (κ1) is 22.4. The van der Waals surface area contributed by atoms with Gasteiger partial charge in [-0.2, -0.15) is 0 Å². The molecule has 0 aliphatic heterocycles. The van der Waals surface area contributed by atoms with E-state index in [9.17, 15) is 4.79 Å². The van der Waals surface area contributed by atoms with Crippen molar-refractivity contribution >= 4 is 34.9 Å². The maximum absolute atomic E-state index is 11.8. The third-order valence-electron chi connectivity index (χ3n) is 4.22. The zero-order chi connectivity index (χ0) is 20.0. The van der Waals surface area contributed by atoms with Crippen LogP contribution in [-0.4, -0.2) is 44.0 Å². The molecule has 0 amide bonds. The van der Waals surface area contributed by atoms with Gasteiger partial charge in [-0.25, -0.2) is 0 Å². The first-order valence-electron chi connectivity index (χ1n) is 9.52. The summed E-state index contributed by atoms with van der Waals surface area (Å²) in [6, 6.07) is 17.8. The summed E-state index contributed by atoms with van der Waals surface area (Å²) in [5.41, 5.74) is 2.31. The number of alkyl halides is 2. The van der Waals surface area contributed by atoms with E-state index < -0.39 is 0 Å². The van der Waals surface area contributed by atoms with Crippen molar-refractivity contribution in [3.05, 3.63) is 60.2 Å². The second kappa shape index (κ2) is 13.3. The van der Waals surface area contributed by atoms with Gasteiger partial charge in [0.05, 0.1) is 0 Å². The molecule has 2 aromatic rings. The molecule has 0 bridgehead atoms. The largest absolute Gasteiger partial charge is 0.490 e. The number of ether oxygens (including phenoxy) is 2. The monoisotopic (exact) mass is 423 g/mol. The number of rotatable bonds is 13. The van der Waals surface area contributed by atoms with E-state index in [1.54, 1.807) is 0 Å². The molecule has 6 heteroatoms. The number of nitrogens with zero attached hydrogens (tertiary/aromatic N) is 1. The fourth-order valence-corrected chi connectivity index (χ4v) is 3.20. The minimum absolute atomic E-state index is 0.191. The number of aryl methyl sites for hydroxylation is 1. The Bertz CT molecular complexity index is 674. The highest BCUT2D eigenvalue weighted by Crippen LogP contribution is 2.17. The minimum Gasteiger partial charge on any atom is -0.490 e. The van der Waals surface area contributed by atoms with Gasteiger partial charge in [-0.3, -0.25) is 4.79 Å². The Kier molecular flexibility index (Phi) is 10.6. The van der Waals surface area contributed by atoms with Crippen molar-refractivity contribution in [3.8, 4) is 5.75 Å². The van der Waals surface area contributed by atoms with Gasteiger partial charge >= 0.3 is 5.97 Å². The molecule has 0 aliphatic carbocycles. The van der Waals surface area contributed by atoms with Gasteiger partial charge in [-0.1, -0.05) is 30.3 Å². The van der Waals surface area contributed by atoms with Gasteiger partial charge in [-0.05, 0) is 42.7 Å². The maximum atomic E-state index is 11.8. The fraction of sp³-hybridized carbons (Fsp3) is 0.409. The third kappa shape index (κ3) is 8.41. The van der Waals surface area contributed by atoms with E-state index in [1.165, 1.54) is 5.56 Å². The van der Waals surface area contributed by atoms with Crippen LogP contribution in [0.25, 0.3) is 0 Å². The molecule has 4 nitrogen and oxygen atoms in total. The minimum atomic E-state index is -0.191. The predicted molar refractivity (Wildman–Crippen MR) is 116 cm³/mol. The molecule has 0 heterocycles. The lowest BCUT2D eigenvalue weighted by Gasteiger charge is -2.23. The van der Waals surface area contributed by atoms with E-state index in [4.69, 9.17) is 32.7 Å². The number of hydrogen-bond acceptors (Lipinski definition) is 4. The van der Waals surface area contributed by atoms with Crippen LogP contribution in [0.1, 0.15) is 18.4 Å². The van der Waals surface area contributed by atoms with Gasteiger partial charge in [0.25, 0.3) is 0 Å². The Labute approximate surface area is 177 Å². The molecule has 28 heavy (non-hydrogen) atoms. The standard InChI is InChI=1S/C22H27Cl2NO3/c23-13-15-25(16-14-24)20-11-9-19(10-12-20)5-4-8-22(26)28-18-17-27-21-6-2-1-3-7-21/h1-3,6-7,9-12H,4-5,8,13-18H2. The first-order valence-corrected chi connectivity index (χ1v) is 10.6. The Morgan fingerprint density at radius 2 is 1.57 bits per heavy atom. The second-order valence-electron chi connectivity index (χ2n) is 6.27. The summed E-state index contributed by atoms with van der Waals surface area (Å²) in [5.74, 6) is 1.72. The molecule has 0 saturated heterocycles. The van der Waals surface area contributed by atoms with Crippen molar-refractivity contribution in [2.45, 2.75) is 19.3 Å². The van der Waals surface area contributed by atoms with Crippen LogP contribution in [0.4, 0.5) is 5.69 Å². The Morgan fingerprint density at radius 3 is 2.21 bits per heavy atom. The molecule has 0 spiro atoms. The summed E-state index contributed by atoms with van der Waals surface area (Å²) in [5, 5.41) is 0. The highest BCUT2D eigenvalue weighted by molar-refractivity contribution is 6.18. The second-order valence-corrected chi connectivity index (χ2v) is 7.02. The van der Waals surface area contributed by atoms with Crippen LogP contribution in [-0.2, 0) is 16.0 Å². The third-order valence-corrected chi connectivity index (χ3v) is 4.55. The summed E-state index contributed by atoms with van der Waals surface area (Å²) in [6.45, 7) is 2.17. The van der Waals surface area contributed by atoms with E-state index in [0.717, 1.165) is 37.4 Å². The Balaban J connectivity index is 1.63. The van der Waals surface area contributed by atoms with Crippen molar-refractivity contribution in [1.82, 2.24) is 0 Å². The molecule has 2 aromatic carbocycles. The van der Waals surface area contributed by atoms with Gasteiger partial charge in [0.1, 0.15) is 19.0 Å². The van der Waals surface area contributed by atoms with E-state index >= 15 is 0 Å². The predicted octanol–water partition coefficient (Wildman–Crippen LogP) is 4.92. The molecule has 0 aliphatic rings. The zero-order valence-corrected chi connectivity index (χ0v) is 17.5. The van der Waals surface area contributed by atoms with E-state index in [2.05, 4.69) is 29.2 Å². The van der Waals surface area contributed by atoms with Gasteiger partial charge in [0.2, 0.25) is 0 Å². The van der Waals surface area contributed by atoms with Crippen molar-refractivity contribution in [1.29, 1.82) is 0 Å². The van der Waals surface area contributed by atoms with Gasteiger partial charge in [-0.15, -0.1) is 23.2 Å². The summed E-state index contributed by atoms with van der Waals surface area (Å²) in [6.07, 6.45) is 1.99. The van der Waals surface area contributed by atoms with Gasteiger partial charge < -0.3 is 14.4 Å². The Morgan fingerprint density at radius 1 is 0.893 bits per heavy atom. The van der Waals surface area contributed by atoms with Gasteiger partial charge in [0.15, 0.2) is 0 Å².